The minimum absolute atomic E-state index is 0.195. The van der Waals surface area contributed by atoms with Gasteiger partial charge in [0.25, 0.3) is 0 Å². The van der Waals surface area contributed by atoms with Crippen LogP contribution in [-0.4, -0.2) is 39.2 Å². The smallest absolute Gasteiger partial charge is 0.318 e. The largest absolute Gasteiger partial charge is 0.480 e. The number of unbranched alkanes of at least 4 members (excludes halogenated alkanes) is 1. The van der Waals surface area contributed by atoms with Crippen LogP contribution in [-0.2, 0) is 4.79 Å². The molecule has 0 aromatic carbocycles. The fraction of sp³-hybridized carbons (Fsp3) is 0.875. The third-order valence-electron chi connectivity index (χ3n) is 1.09. The van der Waals surface area contributed by atoms with Gasteiger partial charge in [0.15, 0.2) is 0 Å². The lowest BCUT2D eigenvalue weighted by atomic mass is 10.2. The second-order valence-electron chi connectivity index (χ2n) is 3.02. The number of carboxylic acid groups (broad SMARTS) is 1. The summed E-state index contributed by atoms with van der Waals surface area (Å²) in [6.45, 7) is 3.44. The lowest BCUT2D eigenvalue weighted by molar-refractivity contribution is -0.138. The Morgan fingerprint density at radius 2 is 1.46 bits per heavy atom. The van der Waals surface area contributed by atoms with E-state index in [1.807, 2.05) is 0 Å². The first-order chi connectivity index (χ1) is 5.86. The molecule has 0 unspecified atom stereocenters. The highest BCUT2D eigenvalue weighted by Gasteiger charge is 2.20. The number of carbonyl (C=O) groups is 1. The summed E-state index contributed by atoms with van der Waals surface area (Å²) in [5.74, 6) is -0.893. The van der Waals surface area contributed by atoms with Crippen LogP contribution in [0.5, 0.6) is 0 Å². The van der Waals surface area contributed by atoms with E-state index in [1.54, 1.807) is 0 Å². The van der Waals surface area contributed by atoms with E-state index in [9.17, 15) is 4.79 Å². The maximum atomic E-state index is 9.94. The van der Waals surface area contributed by atoms with Crippen LogP contribution in [0, 0.1) is 0 Å². The molecule has 0 fully saturated rings. The van der Waals surface area contributed by atoms with Crippen molar-refractivity contribution in [2.45, 2.75) is 31.4 Å². The molecule has 0 saturated heterocycles. The van der Waals surface area contributed by atoms with Crippen molar-refractivity contribution in [2.24, 2.45) is 0 Å². The molecule has 0 radical (unpaired) electrons. The van der Waals surface area contributed by atoms with Crippen LogP contribution in [0.3, 0.4) is 0 Å². The summed E-state index contributed by atoms with van der Waals surface area (Å²) < 4.78 is -0.889. The lowest BCUT2D eigenvalue weighted by Gasteiger charge is -2.07. The molecule has 0 amide bonds. The number of aliphatic carboxylic acids is 1. The Morgan fingerprint density at radius 3 is 1.54 bits per heavy atom. The lowest BCUT2D eigenvalue weighted by Crippen LogP contribution is -2.23. The summed E-state index contributed by atoms with van der Waals surface area (Å²) >= 11 is 3.75. The molecule has 0 aromatic rings. The first-order valence-electron chi connectivity index (χ1n) is 4.03. The highest BCUT2D eigenvalue weighted by atomic mass is 32.1. The van der Waals surface area contributed by atoms with Gasteiger partial charge in [0, 0.05) is 13.2 Å². The minimum atomic E-state index is -0.893. The van der Waals surface area contributed by atoms with E-state index < -0.39 is 10.7 Å². The van der Waals surface area contributed by atoms with Crippen LogP contribution in [0.2, 0.25) is 0 Å². The van der Waals surface area contributed by atoms with Crippen molar-refractivity contribution in [3.8, 4) is 0 Å². The van der Waals surface area contributed by atoms with E-state index in [2.05, 4.69) is 12.6 Å². The molecule has 5 heteroatoms. The van der Waals surface area contributed by atoms with Gasteiger partial charge in [0.2, 0.25) is 0 Å². The monoisotopic (exact) mass is 210 g/mol. The number of carboxylic acids is 1. The Kier molecular flexibility index (Phi) is 9.77. The quantitative estimate of drug-likeness (QED) is 0.403. The third kappa shape index (κ3) is 14.6. The van der Waals surface area contributed by atoms with Gasteiger partial charge in [-0.2, -0.15) is 12.6 Å². The molecule has 0 aliphatic heterocycles. The molecule has 0 aliphatic carbocycles. The number of hydrogen-bond acceptors (Lipinski definition) is 4. The van der Waals surface area contributed by atoms with Crippen LogP contribution < -0.4 is 0 Å². The van der Waals surface area contributed by atoms with Crippen molar-refractivity contribution in [3.63, 3.8) is 0 Å². The van der Waals surface area contributed by atoms with E-state index in [0.717, 1.165) is 12.8 Å². The Morgan fingerprint density at radius 1 is 1.23 bits per heavy atom. The summed E-state index contributed by atoms with van der Waals surface area (Å²) in [6, 6.07) is 0. The van der Waals surface area contributed by atoms with Crippen molar-refractivity contribution in [3.05, 3.63) is 0 Å². The highest BCUT2D eigenvalue weighted by molar-refractivity contribution is 7.82. The highest BCUT2D eigenvalue weighted by Crippen LogP contribution is 2.10. The van der Waals surface area contributed by atoms with Gasteiger partial charge in [-0.1, -0.05) is 0 Å². The van der Waals surface area contributed by atoms with Crippen LogP contribution >= 0.6 is 12.6 Å². The van der Waals surface area contributed by atoms with E-state index >= 15 is 0 Å². The minimum Gasteiger partial charge on any atom is -0.480 e. The van der Waals surface area contributed by atoms with Crippen LogP contribution in [0.25, 0.3) is 0 Å². The molecule has 3 N–H and O–H groups in total. The Hall–Kier alpha value is -0.260. The average molecular weight is 210 g/mol. The van der Waals surface area contributed by atoms with Crippen molar-refractivity contribution in [1.29, 1.82) is 0 Å². The van der Waals surface area contributed by atoms with Crippen molar-refractivity contribution < 1.29 is 20.1 Å². The molecule has 0 aliphatic rings. The van der Waals surface area contributed by atoms with Gasteiger partial charge in [0.1, 0.15) is 4.75 Å². The summed E-state index contributed by atoms with van der Waals surface area (Å²) in [6.07, 6.45) is 1.44. The maximum absolute atomic E-state index is 9.94. The van der Waals surface area contributed by atoms with E-state index in [1.165, 1.54) is 13.8 Å². The van der Waals surface area contributed by atoms with Gasteiger partial charge in [-0.05, 0) is 26.7 Å². The zero-order valence-electron chi connectivity index (χ0n) is 8.03. The van der Waals surface area contributed by atoms with Crippen molar-refractivity contribution >= 4 is 18.6 Å². The molecule has 0 bridgehead atoms. The second kappa shape index (κ2) is 8.34. The SMILES string of the molecule is CC(C)(S)C(=O)O.OCCCCO. The van der Waals surface area contributed by atoms with Crippen LogP contribution in [0.4, 0.5) is 0 Å². The predicted octanol–water partition coefficient (Wildman–Crippen LogP) is 0.531. The topological polar surface area (TPSA) is 77.8 Å². The predicted molar refractivity (Wildman–Crippen MR) is 54.1 cm³/mol. The number of aliphatic hydroxyl groups excluding tert-OH is 2. The maximum Gasteiger partial charge on any atom is 0.318 e. The summed E-state index contributed by atoms with van der Waals surface area (Å²) in [5.41, 5.74) is 0. The molecule has 0 atom stereocenters. The van der Waals surface area contributed by atoms with Gasteiger partial charge in [-0.3, -0.25) is 4.79 Å². The standard InChI is InChI=1S/C4H8O2S.C4H10O2/c1-4(2,7)3(5)6;5-3-1-2-4-6/h7H,1-2H3,(H,5,6);5-6H,1-4H2. The number of rotatable bonds is 4. The summed E-state index contributed by atoms with van der Waals surface area (Å²) in [4.78, 5) is 9.94. The Balaban J connectivity index is 0. The molecule has 0 rings (SSSR count). The van der Waals surface area contributed by atoms with Crippen LogP contribution in [0.1, 0.15) is 26.7 Å². The zero-order chi connectivity index (χ0) is 10.9. The van der Waals surface area contributed by atoms with E-state index in [0.29, 0.717) is 0 Å². The molecule has 0 spiro atoms. The molecular weight excluding hydrogens is 192 g/mol. The van der Waals surface area contributed by atoms with E-state index in [-0.39, 0.29) is 13.2 Å². The molecule has 0 aromatic heterocycles. The van der Waals surface area contributed by atoms with Gasteiger partial charge < -0.3 is 15.3 Å². The second-order valence-corrected chi connectivity index (χ2v) is 4.14. The van der Waals surface area contributed by atoms with Gasteiger partial charge in [-0.25, -0.2) is 0 Å². The first-order valence-corrected chi connectivity index (χ1v) is 4.48. The summed E-state index contributed by atoms with van der Waals surface area (Å²) in [7, 11) is 0. The zero-order valence-corrected chi connectivity index (χ0v) is 8.92. The average Bonchev–Trinajstić information content (AvgIpc) is 2.00. The third-order valence-corrected chi connectivity index (χ3v) is 1.28. The van der Waals surface area contributed by atoms with E-state index in [4.69, 9.17) is 15.3 Å². The van der Waals surface area contributed by atoms with Crippen molar-refractivity contribution in [1.82, 2.24) is 0 Å². The van der Waals surface area contributed by atoms with Gasteiger partial charge in [-0.15, -0.1) is 0 Å². The molecule has 80 valence electrons. The van der Waals surface area contributed by atoms with Gasteiger partial charge in [0.05, 0.1) is 0 Å². The number of aliphatic hydroxyl groups is 2. The molecule has 4 nitrogen and oxygen atoms in total. The Labute approximate surface area is 84.0 Å². The van der Waals surface area contributed by atoms with Crippen LogP contribution in [0.15, 0.2) is 0 Å². The summed E-state index contributed by atoms with van der Waals surface area (Å²) in [5, 5.41) is 24.3. The number of hydrogen-bond donors (Lipinski definition) is 4. The van der Waals surface area contributed by atoms with Gasteiger partial charge >= 0.3 is 5.97 Å². The Bertz CT molecular complexity index is 127. The van der Waals surface area contributed by atoms with Crippen molar-refractivity contribution in [2.75, 3.05) is 13.2 Å². The fourth-order valence-electron chi connectivity index (χ4n) is 0.224. The molecule has 13 heavy (non-hydrogen) atoms. The normalized spacial score (nSPS) is 10.2. The molecular formula is C8H18O4S. The fourth-order valence-corrected chi connectivity index (χ4v) is 0.224. The first kappa shape index (κ1) is 15.2. The molecule has 0 saturated carbocycles. The molecule has 0 heterocycles. The number of thiol groups is 1.